The zero-order chi connectivity index (χ0) is 12.8. The summed E-state index contributed by atoms with van der Waals surface area (Å²) in [6.45, 7) is 4.58. The number of hydrogen-bond acceptors (Lipinski definition) is 0. The molecule has 0 aromatic rings. The highest BCUT2D eigenvalue weighted by Gasteiger charge is 2.06. The Morgan fingerprint density at radius 2 is 1.06 bits per heavy atom. The second-order valence-electron chi connectivity index (χ2n) is 5.43. The summed E-state index contributed by atoms with van der Waals surface area (Å²) in [5.74, 6) is 0.943. The first-order valence-corrected chi connectivity index (χ1v) is 9.03. The topological polar surface area (TPSA) is 0 Å². The molecule has 0 aliphatic rings. The summed E-state index contributed by atoms with van der Waals surface area (Å²) in [5, 5.41) is 1.22. The van der Waals surface area contributed by atoms with Crippen molar-refractivity contribution in [2.45, 2.75) is 90.9 Å². The van der Waals surface area contributed by atoms with Crippen molar-refractivity contribution in [3.63, 3.8) is 0 Å². The van der Waals surface area contributed by atoms with Gasteiger partial charge in [0.05, 0.1) is 0 Å². The molecule has 1 heteroatoms. The van der Waals surface area contributed by atoms with E-state index in [0.717, 1.165) is 5.92 Å². The van der Waals surface area contributed by atoms with Crippen LogP contribution in [0.2, 0.25) is 0 Å². The van der Waals surface area contributed by atoms with Gasteiger partial charge < -0.3 is 0 Å². The Hall–Kier alpha value is 0.480. The van der Waals surface area contributed by atoms with Crippen molar-refractivity contribution in [1.82, 2.24) is 0 Å². The van der Waals surface area contributed by atoms with Crippen LogP contribution in [0.3, 0.4) is 0 Å². The van der Waals surface area contributed by atoms with Gasteiger partial charge in [0.1, 0.15) is 0 Å². The third-order valence-corrected chi connectivity index (χ3v) is 4.57. The Kier molecular flexibility index (Phi) is 15.0. The average Bonchev–Trinajstić information content (AvgIpc) is 2.36. The second kappa shape index (κ2) is 14.5. The minimum absolute atomic E-state index is 0.943. The van der Waals surface area contributed by atoms with Gasteiger partial charge >= 0.3 is 0 Å². The predicted octanol–water partition coefficient (Wildman–Crippen LogP) is 6.72. The molecular formula is C16H33Br. The SMILES string of the molecule is CCCCCCCCC(CBr)CCCCCC. The summed E-state index contributed by atoms with van der Waals surface area (Å²) in [5.41, 5.74) is 0. The Labute approximate surface area is 118 Å². The highest BCUT2D eigenvalue weighted by atomic mass is 79.9. The first kappa shape index (κ1) is 17.5. The van der Waals surface area contributed by atoms with Crippen molar-refractivity contribution in [1.29, 1.82) is 0 Å². The van der Waals surface area contributed by atoms with Crippen LogP contribution in [-0.4, -0.2) is 5.33 Å². The van der Waals surface area contributed by atoms with E-state index in [1.54, 1.807) is 0 Å². The minimum Gasteiger partial charge on any atom is -0.0925 e. The van der Waals surface area contributed by atoms with E-state index < -0.39 is 0 Å². The quantitative estimate of drug-likeness (QED) is 0.262. The minimum atomic E-state index is 0.943. The van der Waals surface area contributed by atoms with E-state index in [1.807, 2.05) is 0 Å². The van der Waals surface area contributed by atoms with Crippen LogP contribution in [0, 0.1) is 5.92 Å². The molecule has 0 bridgehead atoms. The lowest BCUT2D eigenvalue weighted by Crippen LogP contribution is -2.02. The van der Waals surface area contributed by atoms with Crippen LogP contribution in [0.5, 0.6) is 0 Å². The zero-order valence-electron chi connectivity index (χ0n) is 12.1. The van der Waals surface area contributed by atoms with Crippen LogP contribution in [0.15, 0.2) is 0 Å². The summed E-state index contributed by atoms with van der Waals surface area (Å²) in [7, 11) is 0. The van der Waals surface area contributed by atoms with Crippen LogP contribution in [-0.2, 0) is 0 Å². The van der Waals surface area contributed by atoms with E-state index in [1.165, 1.54) is 82.4 Å². The third-order valence-electron chi connectivity index (χ3n) is 3.65. The molecule has 0 rings (SSSR count). The number of unbranched alkanes of at least 4 members (excludes halogenated alkanes) is 8. The maximum Gasteiger partial charge on any atom is 0.00596 e. The Morgan fingerprint density at radius 1 is 0.647 bits per heavy atom. The monoisotopic (exact) mass is 304 g/mol. The van der Waals surface area contributed by atoms with Gasteiger partial charge in [-0.05, 0) is 18.8 Å². The van der Waals surface area contributed by atoms with Gasteiger partial charge in [0.15, 0.2) is 0 Å². The molecule has 0 fully saturated rings. The Morgan fingerprint density at radius 3 is 1.53 bits per heavy atom. The fraction of sp³-hybridized carbons (Fsp3) is 1.00. The third kappa shape index (κ3) is 12.7. The van der Waals surface area contributed by atoms with E-state index in [9.17, 15) is 0 Å². The summed E-state index contributed by atoms with van der Waals surface area (Å²) in [6, 6.07) is 0. The molecule has 104 valence electrons. The fourth-order valence-corrected chi connectivity index (χ4v) is 3.02. The van der Waals surface area contributed by atoms with Crippen molar-refractivity contribution in [3.05, 3.63) is 0 Å². The predicted molar refractivity (Wildman–Crippen MR) is 84.0 cm³/mol. The van der Waals surface area contributed by atoms with Crippen LogP contribution >= 0.6 is 15.9 Å². The molecule has 0 saturated heterocycles. The molecule has 0 spiro atoms. The lowest BCUT2D eigenvalue weighted by molar-refractivity contribution is 0.442. The van der Waals surface area contributed by atoms with Crippen LogP contribution in [0.1, 0.15) is 90.9 Å². The van der Waals surface area contributed by atoms with Gasteiger partial charge in [0.25, 0.3) is 0 Å². The smallest absolute Gasteiger partial charge is 0.00596 e. The van der Waals surface area contributed by atoms with Crippen molar-refractivity contribution < 1.29 is 0 Å². The van der Waals surface area contributed by atoms with Gasteiger partial charge in [-0.3, -0.25) is 0 Å². The lowest BCUT2D eigenvalue weighted by Gasteiger charge is -2.13. The maximum absolute atomic E-state index is 3.68. The Balaban J connectivity index is 3.28. The second-order valence-corrected chi connectivity index (χ2v) is 6.07. The summed E-state index contributed by atoms with van der Waals surface area (Å²) in [4.78, 5) is 0. The van der Waals surface area contributed by atoms with Crippen LogP contribution in [0.4, 0.5) is 0 Å². The summed E-state index contributed by atoms with van der Waals surface area (Å²) >= 11 is 3.68. The average molecular weight is 305 g/mol. The van der Waals surface area contributed by atoms with Crippen LogP contribution < -0.4 is 0 Å². The number of alkyl halides is 1. The van der Waals surface area contributed by atoms with Gasteiger partial charge in [0.2, 0.25) is 0 Å². The van der Waals surface area contributed by atoms with Crippen molar-refractivity contribution in [2.24, 2.45) is 5.92 Å². The zero-order valence-corrected chi connectivity index (χ0v) is 13.7. The molecule has 0 aliphatic heterocycles. The van der Waals surface area contributed by atoms with E-state index in [-0.39, 0.29) is 0 Å². The van der Waals surface area contributed by atoms with E-state index in [4.69, 9.17) is 0 Å². The number of halogens is 1. The van der Waals surface area contributed by atoms with Crippen LogP contribution in [0.25, 0.3) is 0 Å². The molecule has 0 heterocycles. The Bertz CT molecular complexity index is 133. The summed E-state index contributed by atoms with van der Waals surface area (Å²) in [6.07, 6.45) is 17.2. The highest BCUT2D eigenvalue weighted by Crippen LogP contribution is 2.20. The maximum atomic E-state index is 3.68. The largest absolute Gasteiger partial charge is 0.0925 e. The van der Waals surface area contributed by atoms with E-state index >= 15 is 0 Å². The lowest BCUT2D eigenvalue weighted by atomic mass is 9.96. The highest BCUT2D eigenvalue weighted by molar-refractivity contribution is 9.09. The number of rotatable bonds is 13. The molecule has 1 atom stereocenters. The van der Waals surface area contributed by atoms with E-state index in [0.29, 0.717) is 0 Å². The van der Waals surface area contributed by atoms with E-state index in [2.05, 4.69) is 29.8 Å². The first-order chi connectivity index (χ1) is 8.35. The molecule has 0 aromatic carbocycles. The molecular weight excluding hydrogens is 272 g/mol. The molecule has 17 heavy (non-hydrogen) atoms. The fourth-order valence-electron chi connectivity index (χ4n) is 2.37. The van der Waals surface area contributed by atoms with Gasteiger partial charge in [-0.15, -0.1) is 0 Å². The standard InChI is InChI=1S/C16H33Br/c1-3-5-7-9-10-12-14-16(15-17)13-11-8-6-4-2/h16H,3-15H2,1-2H3. The van der Waals surface area contributed by atoms with Crippen molar-refractivity contribution in [2.75, 3.05) is 5.33 Å². The molecule has 0 aliphatic carbocycles. The normalized spacial score (nSPS) is 12.9. The van der Waals surface area contributed by atoms with Gasteiger partial charge in [-0.25, -0.2) is 0 Å². The van der Waals surface area contributed by atoms with Crippen molar-refractivity contribution >= 4 is 15.9 Å². The summed E-state index contributed by atoms with van der Waals surface area (Å²) < 4.78 is 0. The molecule has 0 radical (unpaired) electrons. The first-order valence-electron chi connectivity index (χ1n) is 7.91. The van der Waals surface area contributed by atoms with Gasteiger partial charge in [-0.1, -0.05) is 94.0 Å². The molecule has 0 saturated carbocycles. The van der Waals surface area contributed by atoms with Gasteiger partial charge in [-0.2, -0.15) is 0 Å². The molecule has 0 amide bonds. The molecule has 0 nitrogen and oxygen atoms in total. The van der Waals surface area contributed by atoms with Crippen molar-refractivity contribution in [3.8, 4) is 0 Å². The molecule has 1 unspecified atom stereocenters. The molecule has 0 N–H and O–H groups in total. The van der Waals surface area contributed by atoms with Gasteiger partial charge in [0, 0.05) is 5.33 Å². The number of hydrogen-bond donors (Lipinski definition) is 0. The molecule has 0 aromatic heterocycles.